The molecule has 0 saturated carbocycles. The average molecular weight is 480 g/mol. The molecule has 0 spiro atoms. The minimum Gasteiger partial charge on any atom is -0.366 e. The van der Waals surface area contributed by atoms with Crippen LogP contribution in [0.3, 0.4) is 0 Å². The number of hydrogen-bond acceptors (Lipinski definition) is 8. The van der Waals surface area contributed by atoms with Crippen molar-refractivity contribution in [1.82, 2.24) is 19.7 Å². The Hall–Kier alpha value is -1.48. The minimum absolute atomic E-state index is 0.0519. The van der Waals surface area contributed by atoms with Gasteiger partial charge in [0.2, 0.25) is 5.28 Å². The van der Waals surface area contributed by atoms with E-state index < -0.39 is 8.38 Å². The second-order valence-corrected chi connectivity index (χ2v) is 10.7. The van der Waals surface area contributed by atoms with Gasteiger partial charge in [-0.05, 0) is 48.4 Å². The van der Waals surface area contributed by atoms with E-state index >= 15 is 0 Å². The van der Waals surface area contributed by atoms with E-state index in [4.69, 9.17) is 26.1 Å². The monoisotopic (exact) mass is 479 g/mol. The maximum Gasteiger partial charge on any atom is 0.226 e. The third-order valence-electron chi connectivity index (χ3n) is 5.69. The molecule has 0 bridgehead atoms. The molecule has 0 radical (unpaired) electrons. The van der Waals surface area contributed by atoms with Crippen LogP contribution in [0.15, 0.2) is 30.5 Å². The minimum atomic E-state index is -1.87. The number of rotatable bonds is 7. The summed E-state index contributed by atoms with van der Waals surface area (Å²) in [6.07, 6.45) is 5.20. The highest BCUT2D eigenvalue weighted by molar-refractivity contribution is 8.03. The quantitative estimate of drug-likeness (QED) is 0.348. The van der Waals surface area contributed by atoms with Gasteiger partial charge in [-0.25, -0.2) is 4.68 Å². The Balaban J connectivity index is 1.31. The Labute approximate surface area is 190 Å². The van der Waals surface area contributed by atoms with E-state index in [-0.39, 0.29) is 23.7 Å². The molecule has 1 saturated heterocycles. The van der Waals surface area contributed by atoms with Gasteiger partial charge >= 0.3 is 0 Å². The molecule has 1 aliphatic carbocycles. The van der Waals surface area contributed by atoms with E-state index in [1.54, 1.807) is 10.9 Å². The Morgan fingerprint density at radius 2 is 1.97 bits per heavy atom. The molecule has 2 unspecified atom stereocenters. The van der Waals surface area contributed by atoms with Gasteiger partial charge in [-0.1, -0.05) is 24.3 Å². The highest BCUT2D eigenvalue weighted by Crippen LogP contribution is 2.36. The topological polar surface area (TPSA) is 105 Å². The van der Waals surface area contributed by atoms with Crippen LogP contribution in [0.4, 0.5) is 5.82 Å². The van der Waals surface area contributed by atoms with Crippen molar-refractivity contribution in [3.63, 3.8) is 0 Å². The first-order valence-electron chi connectivity index (χ1n) is 10.2. The molecule has 1 fully saturated rings. The van der Waals surface area contributed by atoms with Crippen LogP contribution in [0.5, 0.6) is 0 Å². The number of aromatic nitrogens is 4. The van der Waals surface area contributed by atoms with E-state index in [0.29, 0.717) is 17.0 Å². The van der Waals surface area contributed by atoms with Gasteiger partial charge in [0.1, 0.15) is 5.82 Å². The molecule has 1 aromatic carbocycles. The Morgan fingerprint density at radius 1 is 1.19 bits per heavy atom. The van der Waals surface area contributed by atoms with Gasteiger partial charge in [-0.2, -0.15) is 15.1 Å². The fourth-order valence-corrected chi connectivity index (χ4v) is 6.08. The zero-order valence-electron chi connectivity index (χ0n) is 16.7. The number of nitrogens with one attached hydrogen (secondary N) is 1. The van der Waals surface area contributed by atoms with Crippen LogP contribution in [0, 0.1) is 0 Å². The Kier molecular flexibility index (Phi) is 6.32. The number of ether oxygens (including phenoxy) is 1. The van der Waals surface area contributed by atoms with E-state index in [9.17, 15) is 0 Å². The van der Waals surface area contributed by atoms with Crippen molar-refractivity contribution in [1.29, 1.82) is 0 Å². The smallest absolute Gasteiger partial charge is 0.226 e. The maximum atomic E-state index is 9.06. The van der Waals surface area contributed by atoms with E-state index in [1.807, 2.05) is 0 Å². The largest absolute Gasteiger partial charge is 0.366 e. The first-order valence-corrected chi connectivity index (χ1v) is 13.2. The summed E-state index contributed by atoms with van der Waals surface area (Å²) in [4.78, 5) is 27.0. The number of fused-ring (bicyclic) bond motifs is 2. The molecule has 0 amide bonds. The molecule has 5 rings (SSSR count). The predicted molar refractivity (Wildman–Crippen MR) is 123 cm³/mol. The summed E-state index contributed by atoms with van der Waals surface area (Å²) in [6.45, 7) is 0. The number of thioether (sulfide) groups is 1. The maximum absolute atomic E-state index is 9.06. The number of anilines is 1. The van der Waals surface area contributed by atoms with Crippen molar-refractivity contribution in [2.24, 2.45) is 0 Å². The van der Waals surface area contributed by atoms with Crippen molar-refractivity contribution in [2.45, 2.75) is 44.1 Å². The molecule has 164 valence electrons. The van der Waals surface area contributed by atoms with Gasteiger partial charge in [0.25, 0.3) is 0 Å². The van der Waals surface area contributed by atoms with Crippen molar-refractivity contribution in [3.05, 3.63) is 46.9 Å². The lowest BCUT2D eigenvalue weighted by Gasteiger charge is -2.16. The van der Waals surface area contributed by atoms with Gasteiger partial charge in [0, 0.05) is 11.8 Å². The van der Waals surface area contributed by atoms with Crippen LogP contribution in [0.1, 0.15) is 30.2 Å². The average Bonchev–Trinajstić information content (AvgIpc) is 3.44. The first kappa shape index (κ1) is 21.4. The summed E-state index contributed by atoms with van der Waals surface area (Å²) >= 11 is 7.76. The molecular formula is C20H23ClN5O3PS. The molecule has 31 heavy (non-hydrogen) atoms. The van der Waals surface area contributed by atoms with Crippen molar-refractivity contribution in [2.75, 3.05) is 16.6 Å². The molecule has 3 aromatic rings. The molecular weight excluding hydrogens is 457 g/mol. The zero-order valence-corrected chi connectivity index (χ0v) is 19.2. The molecule has 3 N–H and O–H groups in total. The third kappa shape index (κ3) is 4.67. The van der Waals surface area contributed by atoms with E-state index in [0.717, 1.165) is 36.8 Å². The number of nitrogens with zero attached hydrogens (tertiary/aromatic N) is 4. The summed E-state index contributed by atoms with van der Waals surface area (Å²) in [6, 6.07) is 8.75. The molecule has 8 nitrogen and oxygen atoms in total. The van der Waals surface area contributed by atoms with Gasteiger partial charge in [-0.3, -0.25) is 0 Å². The number of halogens is 1. The van der Waals surface area contributed by atoms with Crippen molar-refractivity contribution >= 4 is 48.6 Å². The van der Waals surface area contributed by atoms with Crippen molar-refractivity contribution < 1.29 is 14.5 Å². The lowest BCUT2D eigenvalue weighted by atomic mass is 10.1. The van der Waals surface area contributed by atoms with Crippen LogP contribution in [0.2, 0.25) is 5.28 Å². The van der Waals surface area contributed by atoms with E-state index in [2.05, 4.69) is 44.6 Å². The van der Waals surface area contributed by atoms with Crippen LogP contribution in [-0.4, -0.2) is 52.9 Å². The molecule has 1 aliphatic heterocycles. The summed E-state index contributed by atoms with van der Waals surface area (Å²) in [5.74, 6) is 1.42. The van der Waals surface area contributed by atoms with Crippen LogP contribution in [-0.2, 0) is 17.6 Å². The fraction of sp³-hybridized carbons (Fsp3) is 0.450. The molecule has 2 aromatic heterocycles. The second kappa shape index (κ2) is 9.17. The number of benzene rings is 1. The van der Waals surface area contributed by atoms with Gasteiger partial charge in [-0.15, -0.1) is 11.8 Å². The summed E-state index contributed by atoms with van der Waals surface area (Å²) < 4.78 is 7.94. The summed E-state index contributed by atoms with van der Waals surface area (Å²) in [5, 5.41) is 9.09. The lowest BCUT2D eigenvalue weighted by Crippen LogP contribution is -2.20. The predicted octanol–water partition coefficient (Wildman–Crippen LogP) is 3.72. The summed E-state index contributed by atoms with van der Waals surface area (Å²) in [5.41, 5.74) is 3.73. The fourth-order valence-electron chi connectivity index (χ4n) is 4.33. The third-order valence-corrected chi connectivity index (χ3v) is 8.12. The Morgan fingerprint density at radius 3 is 2.71 bits per heavy atom. The summed E-state index contributed by atoms with van der Waals surface area (Å²) in [7, 11) is -1.87. The second-order valence-electron chi connectivity index (χ2n) is 7.85. The normalized spacial score (nSPS) is 21.3. The van der Waals surface area contributed by atoms with Gasteiger partial charge < -0.3 is 19.8 Å². The highest BCUT2D eigenvalue weighted by Gasteiger charge is 2.30. The van der Waals surface area contributed by atoms with E-state index in [1.165, 1.54) is 22.9 Å². The molecule has 2 atom stereocenters. The lowest BCUT2D eigenvalue weighted by molar-refractivity contribution is 0.00787. The number of hydrogen-bond donors (Lipinski definition) is 3. The molecule has 2 aliphatic rings. The van der Waals surface area contributed by atoms with Crippen molar-refractivity contribution in [3.8, 4) is 0 Å². The van der Waals surface area contributed by atoms with Crippen LogP contribution < -0.4 is 5.32 Å². The van der Waals surface area contributed by atoms with Gasteiger partial charge in [0.15, 0.2) is 20.3 Å². The molecule has 3 heterocycles. The first-order chi connectivity index (χ1) is 15.1. The van der Waals surface area contributed by atoms with Crippen LogP contribution >= 0.6 is 31.7 Å². The SMILES string of the molecule is OP(O)CSCC1CCC(n2ncc3c(NC4Cc5ccccc5C4)nc(Cl)nc32)O1. The standard InChI is InChI=1S/C20H23ClN5O3PS/c21-20-24-18(23-14-7-12-3-1-2-4-13(12)8-14)16-9-22-26(19(16)25-20)17-6-5-15(29-17)10-31-11-30(27)28/h1-4,9,14-15,17,27-28H,5-8,10-11H2,(H,23,24,25). The Bertz CT molecular complexity index is 1060. The highest BCUT2D eigenvalue weighted by atomic mass is 35.5. The zero-order chi connectivity index (χ0) is 21.4. The molecule has 11 heteroatoms. The van der Waals surface area contributed by atoms with Crippen LogP contribution in [0.25, 0.3) is 11.0 Å². The van der Waals surface area contributed by atoms with Gasteiger partial charge in [0.05, 0.1) is 23.2 Å².